The molecular weight excluding hydrogens is 281 g/mol. The summed E-state index contributed by atoms with van der Waals surface area (Å²) in [6, 6.07) is 6.82. The monoisotopic (exact) mass is 297 g/mol. The highest BCUT2D eigenvalue weighted by Crippen LogP contribution is 2.47. The maximum Gasteiger partial charge on any atom is 0.140 e. The van der Waals surface area contributed by atoms with Crippen LogP contribution in [0.1, 0.15) is 12.8 Å². The minimum absolute atomic E-state index is 0.189. The topological polar surface area (TPSA) is 55.6 Å². The highest BCUT2D eigenvalue weighted by Gasteiger charge is 2.43. The molecule has 1 aromatic carbocycles. The number of hydrogen-bond acceptors (Lipinski definition) is 4. The predicted molar refractivity (Wildman–Crippen MR) is 81.9 cm³/mol. The molecule has 1 aliphatic rings. The molecule has 0 amide bonds. The average Bonchev–Trinajstić information content (AvgIpc) is 3.09. The number of fused-ring (bicyclic) bond motifs is 1. The minimum atomic E-state index is -0.294. The van der Waals surface area contributed by atoms with Crippen LogP contribution in [0.3, 0.4) is 0 Å². The van der Waals surface area contributed by atoms with Crippen molar-refractivity contribution < 1.29 is 4.39 Å². The van der Waals surface area contributed by atoms with E-state index in [2.05, 4.69) is 20.4 Å². The van der Waals surface area contributed by atoms with Crippen LogP contribution in [0.25, 0.3) is 10.9 Å². The van der Waals surface area contributed by atoms with Crippen LogP contribution in [-0.4, -0.2) is 26.3 Å². The number of nitrogens with zero attached hydrogens (tertiary/aromatic N) is 4. The van der Waals surface area contributed by atoms with Crippen LogP contribution >= 0.6 is 0 Å². The molecule has 1 aliphatic carbocycles. The zero-order chi connectivity index (χ0) is 15.0. The van der Waals surface area contributed by atoms with Crippen molar-refractivity contribution in [2.45, 2.75) is 19.4 Å². The summed E-state index contributed by atoms with van der Waals surface area (Å²) in [4.78, 5) is 8.33. The van der Waals surface area contributed by atoms with E-state index >= 15 is 0 Å². The molecule has 1 fully saturated rings. The van der Waals surface area contributed by atoms with Gasteiger partial charge >= 0.3 is 0 Å². The molecule has 1 saturated carbocycles. The van der Waals surface area contributed by atoms with E-state index in [1.807, 2.05) is 16.9 Å². The molecule has 0 spiro atoms. The number of halogens is 1. The van der Waals surface area contributed by atoms with Crippen molar-refractivity contribution in [1.29, 1.82) is 0 Å². The van der Waals surface area contributed by atoms with Gasteiger partial charge in [0.15, 0.2) is 0 Å². The molecule has 2 heterocycles. The van der Waals surface area contributed by atoms with Crippen molar-refractivity contribution in [1.82, 2.24) is 19.7 Å². The standard InChI is InChI=1S/C16H16FN5/c17-12-3-1-4-13-14(12)15(20-11-19-13)18-9-16(5-6-16)10-22-8-2-7-21-22/h1-4,7-8,11H,5-6,9-10H2,(H,18,19,20). The van der Waals surface area contributed by atoms with E-state index in [4.69, 9.17) is 0 Å². The summed E-state index contributed by atoms with van der Waals surface area (Å²) in [5.41, 5.74) is 0.809. The summed E-state index contributed by atoms with van der Waals surface area (Å²) in [5, 5.41) is 8.03. The Morgan fingerprint density at radius 2 is 2.14 bits per heavy atom. The second-order valence-corrected chi connectivity index (χ2v) is 5.91. The van der Waals surface area contributed by atoms with Crippen molar-refractivity contribution in [2.24, 2.45) is 5.41 Å². The summed E-state index contributed by atoms with van der Waals surface area (Å²) < 4.78 is 16.0. The lowest BCUT2D eigenvalue weighted by Gasteiger charge is -2.17. The van der Waals surface area contributed by atoms with Crippen LogP contribution in [0.4, 0.5) is 10.2 Å². The predicted octanol–water partition coefficient (Wildman–Crippen LogP) is 2.86. The van der Waals surface area contributed by atoms with Gasteiger partial charge in [-0.3, -0.25) is 4.68 Å². The molecular formula is C16H16FN5. The number of benzene rings is 1. The van der Waals surface area contributed by atoms with E-state index in [0.29, 0.717) is 16.7 Å². The van der Waals surface area contributed by atoms with Gasteiger partial charge < -0.3 is 5.32 Å². The second kappa shape index (κ2) is 5.05. The van der Waals surface area contributed by atoms with E-state index < -0.39 is 0 Å². The lowest BCUT2D eigenvalue weighted by Crippen LogP contribution is -2.22. The van der Waals surface area contributed by atoms with E-state index in [1.165, 1.54) is 12.4 Å². The van der Waals surface area contributed by atoms with Gasteiger partial charge in [-0.15, -0.1) is 0 Å². The summed E-state index contributed by atoms with van der Waals surface area (Å²) in [7, 11) is 0. The highest BCUT2D eigenvalue weighted by atomic mass is 19.1. The van der Waals surface area contributed by atoms with Crippen molar-refractivity contribution in [3.63, 3.8) is 0 Å². The zero-order valence-corrected chi connectivity index (χ0v) is 12.0. The van der Waals surface area contributed by atoms with Crippen molar-refractivity contribution in [3.8, 4) is 0 Å². The van der Waals surface area contributed by atoms with Crippen LogP contribution in [0, 0.1) is 11.2 Å². The van der Waals surface area contributed by atoms with Gasteiger partial charge in [-0.2, -0.15) is 5.10 Å². The van der Waals surface area contributed by atoms with Crippen LogP contribution in [0.5, 0.6) is 0 Å². The molecule has 0 saturated heterocycles. The molecule has 0 unspecified atom stereocenters. The van der Waals surface area contributed by atoms with Gasteiger partial charge in [0.2, 0.25) is 0 Å². The number of hydrogen-bond donors (Lipinski definition) is 1. The van der Waals surface area contributed by atoms with Crippen molar-refractivity contribution in [2.75, 3.05) is 11.9 Å². The van der Waals surface area contributed by atoms with Gasteiger partial charge in [0.1, 0.15) is 18.0 Å². The number of anilines is 1. The smallest absolute Gasteiger partial charge is 0.140 e. The Kier molecular flexibility index (Phi) is 3.03. The largest absolute Gasteiger partial charge is 0.369 e. The van der Waals surface area contributed by atoms with E-state index in [-0.39, 0.29) is 11.2 Å². The van der Waals surface area contributed by atoms with Crippen molar-refractivity contribution >= 4 is 16.7 Å². The van der Waals surface area contributed by atoms with Crippen LogP contribution < -0.4 is 5.32 Å². The van der Waals surface area contributed by atoms with E-state index in [0.717, 1.165) is 25.9 Å². The first-order valence-corrected chi connectivity index (χ1v) is 7.36. The van der Waals surface area contributed by atoms with Crippen LogP contribution in [-0.2, 0) is 6.54 Å². The fourth-order valence-electron chi connectivity index (χ4n) is 2.78. The first-order chi connectivity index (χ1) is 10.8. The Balaban J connectivity index is 1.55. The van der Waals surface area contributed by atoms with Gasteiger partial charge in [-0.1, -0.05) is 6.07 Å². The molecule has 22 heavy (non-hydrogen) atoms. The normalized spacial score (nSPS) is 15.9. The average molecular weight is 297 g/mol. The Hall–Kier alpha value is -2.50. The van der Waals surface area contributed by atoms with Gasteiger partial charge in [0, 0.05) is 30.9 Å². The summed E-state index contributed by atoms with van der Waals surface area (Å²) in [5.74, 6) is 0.271. The third kappa shape index (κ3) is 2.41. The number of nitrogens with one attached hydrogen (secondary N) is 1. The SMILES string of the molecule is Fc1cccc2ncnc(NCC3(Cn4cccn4)CC3)c12. The molecule has 5 nitrogen and oxygen atoms in total. The first-order valence-electron chi connectivity index (χ1n) is 7.36. The number of aromatic nitrogens is 4. The molecule has 0 radical (unpaired) electrons. The Morgan fingerprint density at radius 1 is 1.23 bits per heavy atom. The molecule has 3 aromatic rings. The molecule has 112 valence electrons. The first kappa shape index (κ1) is 13.2. The third-order valence-electron chi connectivity index (χ3n) is 4.26. The van der Waals surface area contributed by atoms with E-state index in [1.54, 1.807) is 18.3 Å². The molecule has 2 aromatic heterocycles. The zero-order valence-electron chi connectivity index (χ0n) is 12.0. The lowest BCUT2D eigenvalue weighted by atomic mass is 10.1. The molecule has 1 N–H and O–H groups in total. The Bertz CT molecular complexity index is 790. The minimum Gasteiger partial charge on any atom is -0.369 e. The van der Waals surface area contributed by atoms with Crippen LogP contribution in [0.15, 0.2) is 43.0 Å². The summed E-state index contributed by atoms with van der Waals surface area (Å²) >= 11 is 0. The fourth-order valence-corrected chi connectivity index (χ4v) is 2.78. The van der Waals surface area contributed by atoms with E-state index in [9.17, 15) is 4.39 Å². The fraction of sp³-hybridized carbons (Fsp3) is 0.312. The third-order valence-corrected chi connectivity index (χ3v) is 4.26. The highest BCUT2D eigenvalue weighted by molar-refractivity contribution is 5.89. The van der Waals surface area contributed by atoms with Gasteiger partial charge in [-0.05, 0) is 31.0 Å². The lowest BCUT2D eigenvalue weighted by molar-refractivity contribution is 0.416. The van der Waals surface area contributed by atoms with Gasteiger partial charge in [0.25, 0.3) is 0 Å². The van der Waals surface area contributed by atoms with Crippen LogP contribution in [0.2, 0.25) is 0 Å². The molecule has 0 atom stereocenters. The quantitative estimate of drug-likeness (QED) is 0.787. The number of rotatable bonds is 5. The van der Waals surface area contributed by atoms with Gasteiger partial charge in [-0.25, -0.2) is 14.4 Å². The molecule has 6 heteroatoms. The summed E-state index contributed by atoms with van der Waals surface area (Å²) in [6.45, 7) is 1.63. The van der Waals surface area contributed by atoms with Crippen molar-refractivity contribution in [3.05, 3.63) is 48.8 Å². The molecule has 4 rings (SSSR count). The molecule has 0 aliphatic heterocycles. The maximum absolute atomic E-state index is 14.1. The Morgan fingerprint density at radius 3 is 2.91 bits per heavy atom. The summed E-state index contributed by atoms with van der Waals surface area (Å²) in [6.07, 6.45) is 7.52. The Labute approximate surface area is 127 Å². The maximum atomic E-state index is 14.1. The second-order valence-electron chi connectivity index (χ2n) is 5.91. The van der Waals surface area contributed by atoms with Gasteiger partial charge in [0.05, 0.1) is 10.9 Å². The molecule has 0 bridgehead atoms.